The number of alkyl halides is 1. The fraction of sp³-hybridized carbons (Fsp3) is 0.900. The van der Waals surface area contributed by atoms with E-state index in [1.807, 2.05) is 13.8 Å². The van der Waals surface area contributed by atoms with Crippen molar-refractivity contribution in [2.24, 2.45) is 5.92 Å². The van der Waals surface area contributed by atoms with E-state index in [0.717, 1.165) is 12.8 Å². The predicted molar refractivity (Wildman–Crippen MR) is 54.9 cm³/mol. The van der Waals surface area contributed by atoms with Gasteiger partial charge in [-0.3, -0.25) is 4.79 Å². The van der Waals surface area contributed by atoms with Crippen molar-refractivity contribution in [1.82, 2.24) is 5.32 Å². The fourth-order valence-corrected chi connectivity index (χ4v) is 1.72. The van der Waals surface area contributed by atoms with Gasteiger partial charge in [0.15, 0.2) is 0 Å². The van der Waals surface area contributed by atoms with Crippen molar-refractivity contribution in [3.63, 3.8) is 0 Å². The molecule has 76 valence electrons. The molecule has 1 unspecified atom stereocenters. The Morgan fingerprint density at radius 2 is 1.92 bits per heavy atom. The van der Waals surface area contributed by atoms with E-state index in [-0.39, 0.29) is 17.2 Å². The minimum atomic E-state index is -0.374. The van der Waals surface area contributed by atoms with Gasteiger partial charge in [0.25, 0.3) is 0 Å². The molecule has 0 heterocycles. The number of carbonyl (C=O) groups is 1. The van der Waals surface area contributed by atoms with E-state index in [1.165, 1.54) is 12.8 Å². The first kappa shape index (κ1) is 10.8. The highest BCUT2D eigenvalue weighted by molar-refractivity contribution is 6.30. The lowest BCUT2D eigenvalue weighted by Gasteiger charge is -2.17. The third-order valence-electron chi connectivity index (χ3n) is 2.54. The Morgan fingerprint density at radius 1 is 1.38 bits per heavy atom. The zero-order valence-corrected chi connectivity index (χ0v) is 9.10. The van der Waals surface area contributed by atoms with Crippen LogP contribution in [0, 0.1) is 5.92 Å². The lowest BCUT2D eigenvalue weighted by molar-refractivity contribution is -0.122. The van der Waals surface area contributed by atoms with Crippen LogP contribution in [0.15, 0.2) is 0 Å². The van der Waals surface area contributed by atoms with Gasteiger partial charge in [0.2, 0.25) is 5.91 Å². The summed E-state index contributed by atoms with van der Waals surface area (Å²) in [6.45, 7) is 3.93. The van der Waals surface area contributed by atoms with Crippen LogP contribution in [0.2, 0.25) is 0 Å². The van der Waals surface area contributed by atoms with Gasteiger partial charge in [-0.25, -0.2) is 0 Å². The molecule has 13 heavy (non-hydrogen) atoms. The molecule has 0 radical (unpaired) electrons. The van der Waals surface area contributed by atoms with Gasteiger partial charge in [-0.1, -0.05) is 26.7 Å². The number of hydrogen-bond donors (Lipinski definition) is 1. The van der Waals surface area contributed by atoms with Crippen LogP contribution >= 0.6 is 11.6 Å². The molecule has 1 rings (SSSR count). The average Bonchev–Trinajstić information content (AvgIpc) is 2.55. The summed E-state index contributed by atoms with van der Waals surface area (Å²) in [6.07, 6.45) is 4.71. The van der Waals surface area contributed by atoms with E-state index in [0.29, 0.717) is 6.04 Å². The van der Waals surface area contributed by atoms with Gasteiger partial charge in [0.05, 0.1) is 0 Å². The van der Waals surface area contributed by atoms with Crippen LogP contribution in [0.3, 0.4) is 0 Å². The molecular formula is C10H18ClNO. The standard InChI is InChI=1S/C10H18ClNO/c1-7(2)9(11)10(13)12-8-5-3-4-6-8/h7-9H,3-6H2,1-2H3,(H,12,13). The second-order valence-electron chi connectivity index (χ2n) is 4.14. The third-order valence-corrected chi connectivity index (χ3v) is 3.24. The second-order valence-corrected chi connectivity index (χ2v) is 4.61. The maximum Gasteiger partial charge on any atom is 0.238 e. The van der Waals surface area contributed by atoms with Crippen LogP contribution in [-0.2, 0) is 4.79 Å². The monoisotopic (exact) mass is 203 g/mol. The van der Waals surface area contributed by atoms with E-state index in [4.69, 9.17) is 11.6 Å². The van der Waals surface area contributed by atoms with Gasteiger partial charge in [-0.15, -0.1) is 11.6 Å². The van der Waals surface area contributed by atoms with E-state index < -0.39 is 0 Å². The Hall–Kier alpha value is -0.240. The molecule has 0 spiro atoms. The minimum Gasteiger partial charge on any atom is -0.352 e. The molecule has 1 saturated carbocycles. The molecule has 1 fully saturated rings. The van der Waals surface area contributed by atoms with Crippen LogP contribution in [0.5, 0.6) is 0 Å². The molecular weight excluding hydrogens is 186 g/mol. The first-order valence-corrected chi connectivity index (χ1v) is 5.49. The maximum absolute atomic E-state index is 11.5. The lowest BCUT2D eigenvalue weighted by atomic mass is 10.1. The first-order chi connectivity index (χ1) is 6.11. The Balaban J connectivity index is 2.31. The maximum atomic E-state index is 11.5. The zero-order chi connectivity index (χ0) is 9.84. The molecule has 1 amide bonds. The number of halogens is 1. The highest BCUT2D eigenvalue weighted by Gasteiger charge is 2.23. The summed E-state index contributed by atoms with van der Waals surface area (Å²) in [4.78, 5) is 11.5. The largest absolute Gasteiger partial charge is 0.352 e. The fourth-order valence-electron chi connectivity index (χ4n) is 1.65. The van der Waals surface area contributed by atoms with Crippen molar-refractivity contribution in [1.29, 1.82) is 0 Å². The highest BCUT2D eigenvalue weighted by atomic mass is 35.5. The van der Waals surface area contributed by atoms with Crippen LogP contribution in [0.1, 0.15) is 39.5 Å². The van der Waals surface area contributed by atoms with Crippen LogP contribution in [0.25, 0.3) is 0 Å². The van der Waals surface area contributed by atoms with Crippen molar-refractivity contribution in [2.45, 2.75) is 50.9 Å². The quantitative estimate of drug-likeness (QED) is 0.701. The first-order valence-electron chi connectivity index (χ1n) is 5.05. The molecule has 3 heteroatoms. The molecule has 1 aliphatic rings. The van der Waals surface area contributed by atoms with Crippen molar-refractivity contribution < 1.29 is 4.79 Å². The molecule has 1 aliphatic carbocycles. The zero-order valence-electron chi connectivity index (χ0n) is 8.35. The van der Waals surface area contributed by atoms with Crippen LogP contribution in [0.4, 0.5) is 0 Å². The number of nitrogens with one attached hydrogen (secondary N) is 1. The van der Waals surface area contributed by atoms with Gasteiger partial charge < -0.3 is 5.32 Å². The summed E-state index contributed by atoms with van der Waals surface area (Å²) < 4.78 is 0. The normalized spacial score (nSPS) is 20.6. The number of rotatable bonds is 3. The molecule has 0 aromatic rings. The molecule has 0 saturated heterocycles. The van der Waals surface area contributed by atoms with Crippen molar-refractivity contribution in [3.05, 3.63) is 0 Å². The van der Waals surface area contributed by atoms with Gasteiger partial charge in [0, 0.05) is 6.04 Å². The van der Waals surface area contributed by atoms with E-state index >= 15 is 0 Å². The topological polar surface area (TPSA) is 29.1 Å². The van der Waals surface area contributed by atoms with E-state index in [1.54, 1.807) is 0 Å². The molecule has 2 nitrogen and oxygen atoms in total. The Kier molecular flexibility index (Phi) is 4.04. The molecule has 0 aromatic carbocycles. The molecule has 0 aliphatic heterocycles. The summed E-state index contributed by atoms with van der Waals surface area (Å²) in [7, 11) is 0. The van der Waals surface area contributed by atoms with Crippen molar-refractivity contribution in [3.8, 4) is 0 Å². The highest BCUT2D eigenvalue weighted by Crippen LogP contribution is 2.18. The summed E-state index contributed by atoms with van der Waals surface area (Å²) in [5.74, 6) is 0.214. The Labute approximate surface area is 85.0 Å². The summed E-state index contributed by atoms with van der Waals surface area (Å²) >= 11 is 5.93. The van der Waals surface area contributed by atoms with Gasteiger partial charge in [-0.05, 0) is 18.8 Å². The average molecular weight is 204 g/mol. The van der Waals surface area contributed by atoms with Gasteiger partial charge in [0.1, 0.15) is 5.38 Å². The van der Waals surface area contributed by atoms with Gasteiger partial charge in [-0.2, -0.15) is 0 Å². The van der Waals surface area contributed by atoms with Crippen LogP contribution < -0.4 is 5.32 Å². The van der Waals surface area contributed by atoms with E-state index in [2.05, 4.69) is 5.32 Å². The van der Waals surface area contributed by atoms with Crippen LogP contribution in [-0.4, -0.2) is 17.3 Å². The smallest absolute Gasteiger partial charge is 0.238 e. The summed E-state index contributed by atoms with van der Waals surface area (Å²) in [6, 6.07) is 0.382. The molecule has 1 N–H and O–H groups in total. The number of hydrogen-bond acceptors (Lipinski definition) is 1. The van der Waals surface area contributed by atoms with Gasteiger partial charge >= 0.3 is 0 Å². The molecule has 1 atom stereocenters. The van der Waals surface area contributed by atoms with E-state index in [9.17, 15) is 4.79 Å². The number of carbonyl (C=O) groups excluding carboxylic acids is 1. The SMILES string of the molecule is CC(C)C(Cl)C(=O)NC1CCCC1. The Morgan fingerprint density at radius 3 is 2.38 bits per heavy atom. The third kappa shape index (κ3) is 3.18. The minimum absolute atomic E-state index is 0.00330. The summed E-state index contributed by atoms with van der Waals surface area (Å²) in [5, 5.41) is 2.61. The predicted octanol–water partition coefficient (Wildman–Crippen LogP) is 2.31. The lowest BCUT2D eigenvalue weighted by Crippen LogP contribution is -2.39. The number of amides is 1. The molecule has 0 aromatic heterocycles. The second kappa shape index (κ2) is 4.85. The molecule has 0 bridgehead atoms. The van der Waals surface area contributed by atoms with Crippen molar-refractivity contribution >= 4 is 17.5 Å². The van der Waals surface area contributed by atoms with Crippen molar-refractivity contribution in [2.75, 3.05) is 0 Å². The Bertz CT molecular complexity index is 176. The summed E-state index contributed by atoms with van der Waals surface area (Å²) in [5.41, 5.74) is 0.